The Balaban J connectivity index is 1.15. The molecule has 37 heavy (non-hydrogen) atoms. The first-order valence-corrected chi connectivity index (χ1v) is 14.1. The van der Waals surface area contributed by atoms with E-state index in [1.54, 1.807) is 0 Å². The Morgan fingerprint density at radius 3 is 2.24 bits per heavy atom. The molecular weight excluding hydrogens is 462 g/mol. The van der Waals surface area contributed by atoms with Gasteiger partial charge in [0.25, 0.3) is 5.91 Å². The summed E-state index contributed by atoms with van der Waals surface area (Å²) < 4.78 is 0. The topological polar surface area (TPSA) is 78.4 Å². The molecule has 1 aromatic heterocycles. The summed E-state index contributed by atoms with van der Waals surface area (Å²) in [5, 5.41) is 3.38. The maximum atomic E-state index is 13.2. The fourth-order valence-electron chi connectivity index (χ4n) is 6.73. The molecule has 1 N–H and O–H groups in total. The maximum Gasteiger partial charge on any atom is 0.257 e. The van der Waals surface area contributed by atoms with Crippen LogP contribution in [0.4, 0.5) is 0 Å². The summed E-state index contributed by atoms with van der Waals surface area (Å²) in [6, 6.07) is 10.4. The van der Waals surface area contributed by atoms with Gasteiger partial charge < -0.3 is 15.1 Å². The highest BCUT2D eigenvalue weighted by atomic mass is 16.2. The first-order chi connectivity index (χ1) is 18.0. The molecule has 7 heteroatoms. The van der Waals surface area contributed by atoms with Crippen LogP contribution >= 0.6 is 0 Å². The number of carbonyl (C=O) groups excluding carboxylic acids is 2. The predicted molar refractivity (Wildman–Crippen MR) is 144 cm³/mol. The fraction of sp³-hybridized carbons (Fsp3) is 0.600. The molecule has 7 nitrogen and oxygen atoms in total. The SMILES string of the molecule is Cc1ncnc(C)c1C(=O)N1CC2CN(CCC(NC(=O)CC3CCCCC3)c3ccccc3)C[C@H]2C1. The minimum Gasteiger partial charge on any atom is -0.349 e. The molecule has 2 aromatic rings. The molecule has 2 amide bonds. The zero-order valence-corrected chi connectivity index (χ0v) is 22.4. The fourth-order valence-corrected chi connectivity index (χ4v) is 6.73. The number of nitrogens with zero attached hydrogens (tertiary/aromatic N) is 4. The summed E-state index contributed by atoms with van der Waals surface area (Å²) in [5.74, 6) is 1.82. The Kier molecular flexibility index (Phi) is 8.18. The van der Waals surface area contributed by atoms with Gasteiger partial charge in [-0.2, -0.15) is 0 Å². The van der Waals surface area contributed by atoms with Crippen LogP contribution in [0.2, 0.25) is 0 Å². The van der Waals surface area contributed by atoms with Gasteiger partial charge in [-0.05, 0) is 56.4 Å². The summed E-state index contributed by atoms with van der Waals surface area (Å²) in [6.07, 6.45) is 9.31. The Bertz CT molecular complexity index is 1050. The van der Waals surface area contributed by atoms with Gasteiger partial charge in [-0.1, -0.05) is 49.6 Å². The van der Waals surface area contributed by atoms with E-state index < -0.39 is 0 Å². The number of amides is 2. The van der Waals surface area contributed by atoms with E-state index in [9.17, 15) is 9.59 Å². The van der Waals surface area contributed by atoms with E-state index in [2.05, 4.69) is 44.5 Å². The Hall–Kier alpha value is -2.80. The molecule has 5 rings (SSSR count). The molecule has 2 unspecified atom stereocenters. The molecule has 1 aromatic carbocycles. The summed E-state index contributed by atoms with van der Waals surface area (Å²) >= 11 is 0. The monoisotopic (exact) mass is 503 g/mol. The second kappa shape index (κ2) is 11.7. The van der Waals surface area contributed by atoms with Gasteiger partial charge in [0, 0.05) is 39.1 Å². The maximum absolute atomic E-state index is 13.2. The van der Waals surface area contributed by atoms with Crippen molar-refractivity contribution in [3.63, 3.8) is 0 Å². The standard InChI is InChI=1S/C30H41N5O2/c1-21-29(22(2)32-20-31-21)30(37)35-18-25-16-34(17-26(25)19-35)14-13-27(24-11-7-4-8-12-24)33-28(36)15-23-9-5-3-6-10-23/h4,7-8,11-12,20,23,25-27H,3,5-6,9-10,13-19H2,1-2H3,(H,33,36)/t25-,26?,27?/m0/s1. The van der Waals surface area contributed by atoms with Crippen molar-refractivity contribution in [2.24, 2.45) is 17.8 Å². The van der Waals surface area contributed by atoms with E-state index in [1.165, 1.54) is 44.0 Å². The van der Waals surface area contributed by atoms with Crippen molar-refractivity contribution < 1.29 is 9.59 Å². The molecule has 3 fully saturated rings. The minimum atomic E-state index is 0.0415. The van der Waals surface area contributed by atoms with Crippen LogP contribution < -0.4 is 5.32 Å². The summed E-state index contributed by atoms with van der Waals surface area (Å²) in [7, 11) is 0. The largest absolute Gasteiger partial charge is 0.349 e. The van der Waals surface area contributed by atoms with Crippen LogP contribution in [-0.4, -0.2) is 64.3 Å². The minimum absolute atomic E-state index is 0.0415. The van der Waals surface area contributed by atoms with E-state index in [-0.39, 0.29) is 17.9 Å². The van der Waals surface area contributed by atoms with Crippen LogP contribution in [0, 0.1) is 31.6 Å². The van der Waals surface area contributed by atoms with Crippen LogP contribution in [0.5, 0.6) is 0 Å². The first kappa shape index (κ1) is 25.8. The molecule has 3 aliphatic rings. The number of aromatic nitrogens is 2. The van der Waals surface area contributed by atoms with Crippen molar-refractivity contribution in [1.29, 1.82) is 0 Å². The summed E-state index contributed by atoms with van der Waals surface area (Å²) in [4.78, 5) is 39.2. The number of hydrogen-bond donors (Lipinski definition) is 1. The number of likely N-dealkylation sites (tertiary alicyclic amines) is 2. The van der Waals surface area contributed by atoms with Crippen molar-refractivity contribution in [1.82, 2.24) is 25.1 Å². The summed E-state index contributed by atoms with van der Waals surface area (Å²) in [5.41, 5.74) is 3.36. The lowest BCUT2D eigenvalue weighted by atomic mass is 9.86. The third kappa shape index (κ3) is 6.20. The van der Waals surface area contributed by atoms with Crippen LogP contribution in [0.1, 0.15) is 78.3 Å². The Morgan fingerprint density at radius 2 is 1.59 bits per heavy atom. The molecule has 0 radical (unpaired) electrons. The number of hydrogen-bond acceptors (Lipinski definition) is 5. The van der Waals surface area contributed by atoms with Crippen LogP contribution in [0.25, 0.3) is 0 Å². The Labute approximate surface area is 221 Å². The Morgan fingerprint density at radius 1 is 0.946 bits per heavy atom. The van der Waals surface area contributed by atoms with E-state index in [0.717, 1.165) is 50.5 Å². The lowest BCUT2D eigenvalue weighted by Crippen LogP contribution is -2.36. The van der Waals surface area contributed by atoms with Crippen molar-refractivity contribution in [3.05, 3.63) is 59.2 Å². The van der Waals surface area contributed by atoms with Crippen LogP contribution in [0.3, 0.4) is 0 Å². The van der Waals surface area contributed by atoms with Crippen molar-refractivity contribution >= 4 is 11.8 Å². The molecule has 2 saturated heterocycles. The normalized spacial score (nSPS) is 23.1. The lowest BCUT2D eigenvalue weighted by molar-refractivity contribution is -0.123. The van der Waals surface area contributed by atoms with E-state index in [4.69, 9.17) is 0 Å². The van der Waals surface area contributed by atoms with Gasteiger partial charge in [0.1, 0.15) is 6.33 Å². The number of benzene rings is 1. The molecular formula is C30H41N5O2. The average molecular weight is 504 g/mol. The smallest absolute Gasteiger partial charge is 0.257 e. The van der Waals surface area contributed by atoms with Crippen molar-refractivity contribution in [3.8, 4) is 0 Å². The predicted octanol–water partition coefficient (Wildman–Crippen LogP) is 4.32. The third-order valence-electron chi connectivity index (χ3n) is 8.76. The summed E-state index contributed by atoms with van der Waals surface area (Å²) in [6.45, 7) is 8.34. The van der Waals surface area contributed by atoms with E-state index in [1.807, 2.05) is 24.8 Å². The molecule has 0 spiro atoms. The van der Waals surface area contributed by atoms with Gasteiger partial charge in [-0.25, -0.2) is 9.97 Å². The highest BCUT2D eigenvalue weighted by Crippen LogP contribution is 2.33. The van der Waals surface area contributed by atoms with Gasteiger partial charge in [-0.3, -0.25) is 9.59 Å². The number of aryl methyl sites for hydroxylation is 2. The van der Waals surface area contributed by atoms with Crippen LogP contribution in [-0.2, 0) is 4.79 Å². The zero-order valence-electron chi connectivity index (χ0n) is 22.4. The van der Waals surface area contributed by atoms with Crippen molar-refractivity contribution in [2.45, 2.75) is 64.8 Å². The second-order valence-electron chi connectivity index (χ2n) is 11.4. The van der Waals surface area contributed by atoms with Gasteiger partial charge >= 0.3 is 0 Å². The molecule has 1 saturated carbocycles. The van der Waals surface area contributed by atoms with Crippen LogP contribution in [0.15, 0.2) is 36.7 Å². The van der Waals surface area contributed by atoms with E-state index >= 15 is 0 Å². The molecule has 3 heterocycles. The van der Waals surface area contributed by atoms with Gasteiger partial charge in [-0.15, -0.1) is 0 Å². The van der Waals surface area contributed by atoms with Gasteiger partial charge in [0.15, 0.2) is 0 Å². The molecule has 1 aliphatic carbocycles. The highest BCUT2D eigenvalue weighted by Gasteiger charge is 2.42. The number of carbonyl (C=O) groups is 2. The van der Waals surface area contributed by atoms with E-state index in [0.29, 0.717) is 29.7 Å². The average Bonchev–Trinajstić information content (AvgIpc) is 3.47. The van der Waals surface area contributed by atoms with Gasteiger partial charge in [0.2, 0.25) is 5.91 Å². The number of rotatable bonds is 8. The number of fused-ring (bicyclic) bond motifs is 1. The quantitative estimate of drug-likeness (QED) is 0.581. The third-order valence-corrected chi connectivity index (χ3v) is 8.76. The number of nitrogens with one attached hydrogen (secondary N) is 1. The molecule has 198 valence electrons. The zero-order chi connectivity index (χ0) is 25.8. The molecule has 3 atom stereocenters. The first-order valence-electron chi connectivity index (χ1n) is 14.1. The molecule has 0 bridgehead atoms. The lowest BCUT2D eigenvalue weighted by Gasteiger charge is -2.26. The highest BCUT2D eigenvalue weighted by molar-refractivity contribution is 5.96. The van der Waals surface area contributed by atoms with Gasteiger partial charge in [0.05, 0.1) is 23.0 Å². The second-order valence-corrected chi connectivity index (χ2v) is 11.4. The van der Waals surface area contributed by atoms with Crippen molar-refractivity contribution in [2.75, 3.05) is 32.7 Å². The molecule has 2 aliphatic heterocycles.